The molecule has 0 fully saturated rings. The molecule has 6 heteroatoms. The smallest absolute Gasteiger partial charge is 0.376 e. The summed E-state index contributed by atoms with van der Waals surface area (Å²) in [5.74, 6) is 0. The summed E-state index contributed by atoms with van der Waals surface area (Å²) in [7, 11) is 0. The summed E-state index contributed by atoms with van der Waals surface area (Å²) >= 11 is -0.0909. The zero-order valence-corrected chi connectivity index (χ0v) is 11.8. The Labute approximate surface area is 124 Å². The van der Waals surface area contributed by atoms with Crippen LogP contribution in [0.15, 0.2) is 47.5 Å². The second kappa shape index (κ2) is 5.60. The number of fused-ring (bicyclic) bond motifs is 1. The van der Waals surface area contributed by atoms with Gasteiger partial charge in [0.1, 0.15) is 0 Å². The number of aromatic nitrogens is 1. The van der Waals surface area contributed by atoms with Gasteiger partial charge in [0.25, 0.3) is 0 Å². The van der Waals surface area contributed by atoms with E-state index in [9.17, 15) is 13.2 Å². The lowest BCUT2D eigenvalue weighted by molar-refractivity contribution is -0.0327. The van der Waals surface area contributed by atoms with Gasteiger partial charge in [-0.1, -0.05) is 18.2 Å². The summed E-state index contributed by atoms with van der Waals surface area (Å²) in [4.78, 5) is 4.54. The van der Waals surface area contributed by atoms with E-state index in [-0.39, 0.29) is 22.7 Å². The monoisotopic (exact) mass is 310 g/mol. The number of benzene rings is 1. The minimum absolute atomic E-state index is 0.0313. The highest BCUT2D eigenvalue weighted by Crippen LogP contribution is 2.42. The number of rotatable bonds is 3. The van der Waals surface area contributed by atoms with E-state index in [1.807, 2.05) is 12.1 Å². The van der Waals surface area contributed by atoms with Gasteiger partial charge in [-0.15, -0.1) is 0 Å². The van der Waals surface area contributed by atoms with Crippen LogP contribution < -0.4 is 5.32 Å². The molecule has 1 aliphatic carbocycles. The first kappa shape index (κ1) is 14.3. The van der Waals surface area contributed by atoms with Crippen molar-refractivity contribution in [2.75, 3.05) is 5.32 Å². The van der Waals surface area contributed by atoms with Gasteiger partial charge >= 0.3 is 5.51 Å². The summed E-state index contributed by atoms with van der Waals surface area (Å²) in [6, 6.07) is 10.4. The quantitative estimate of drug-likeness (QED) is 0.825. The Morgan fingerprint density at radius 1 is 1.14 bits per heavy atom. The first-order chi connectivity index (χ1) is 10.0. The van der Waals surface area contributed by atoms with E-state index < -0.39 is 5.51 Å². The first-order valence-corrected chi connectivity index (χ1v) is 7.40. The molecule has 0 saturated heterocycles. The van der Waals surface area contributed by atoms with E-state index in [0.717, 1.165) is 24.1 Å². The number of para-hydroxylation sites is 1. The predicted molar refractivity (Wildman–Crippen MR) is 77.3 cm³/mol. The molecule has 0 amide bonds. The third-order valence-electron chi connectivity index (χ3n) is 3.40. The van der Waals surface area contributed by atoms with Gasteiger partial charge in [-0.2, -0.15) is 13.2 Å². The first-order valence-electron chi connectivity index (χ1n) is 6.58. The van der Waals surface area contributed by atoms with Gasteiger partial charge in [0.15, 0.2) is 0 Å². The minimum atomic E-state index is -4.29. The van der Waals surface area contributed by atoms with Crippen LogP contribution in [0.4, 0.5) is 18.9 Å². The van der Waals surface area contributed by atoms with Gasteiger partial charge in [0.05, 0.1) is 11.7 Å². The SMILES string of the molecule is FC(F)(F)Sc1ccccc1NC1CCc2cccnc21. The maximum atomic E-state index is 12.6. The van der Waals surface area contributed by atoms with Crippen molar-refractivity contribution < 1.29 is 13.2 Å². The van der Waals surface area contributed by atoms with Crippen molar-refractivity contribution in [3.63, 3.8) is 0 Å². The highest BCUT2D eigenvalue weighted by atomic mass is 32.2. The molecule has 1 aromatic carbocycles. The second-order valence-electron chi connectivity index (χ2n) is 4.83. The summed E-state index contributed by atoms with van der Waals surface area (Å²) in [6.45, 7) is 0. The van der Waals surface area contributed by atoms with Gasteiger partial charge in [-0.3, -0.25) is 4.98 Å². The molecule has 1 aromatic heterocycles. The molecule has 0 aliphatic heterocycles. The lowest BCUT2D eigenvalue weighted by atomic mass is 10.2. The van der Waals surface area contributed by atoms with Crippen molar-refractivity contribution >= 4 is 17.4 Å². The van der Waals surface area contributed by atoms with Gasteiger partial charge in [0.2, 0.25) is 0 Å². The number of hydrogen-bond donors (Lipinski definition) is 1. The van der Waals surface area contributed by atoms with Crippen molar-refractivity contribution in [1.29, 1.82) is 0 Å². The second-order valence-corrected chi connectivity index (χ2v) is 5.93. The van der Waals surface area contributed by atoms with Crippen LogP contribution in [0.1, 0.15) is 23.7 Å². The Morgan fingerprint density at radius 2 is 1.95 bits per heavy atom. The lowest BCUT2D eigenvalue weighted by Crippen LogP contribution is -2.10. The molecule has 2 nitrogen and oxygen atoms in total. The number of anilines is 1. The topological polar surface area (TPSA) is 24.9 Å². The Morgan fingerprint density at radius 3 is 2.76 bits per heavy atom. The number of aryl methyl sites for hydroxylation is 1. The fraction of sp³-hybridized carbons (Fsp3) is 0.267. The Hall–Kier alpha value is -1.69. The third kappa shape index (κ3) is 3.32. The van der Waals surface area contributed by atoms with Crippen LogP contribution in [0.5, 0.6) is 0 Å². The number of pyridine rings is 1. The summed E-state index contributed by atoms with van der Waals surface area (Å²) < 4.78 is 37.8. The van der Waals surface area contributed by atoms with Gasteiger partial charge in [0, 0.05) is 16.8 Å². The molecule has 0 radical (unpaired) electrons. The van der Waals surface area contributed by atoms with Gasteiger partial charge in [-0.25, -0.2) is 0 Å². The lowest BCUT2D eigenvalue weighted by Gasteiger charge is -2.18. The molecule has 1 unspecified atom stereocenters. The highest BCUT2D eigenvalue weighted by Gasteiger charge is 2.31. The fourth-order valence-electron chi connectivity index (χ4n) is 2.54. The molecule has 110 valence electrons. The van der Waals surface area contributed by atoms with E-state index >= 15 is 0 Å². The van der Waals surface area contributed by atoms with Crippen LogP contribution in [0.3, 0.4) is 0 Å². The average molecular weight is 310 g/mol. The number of alkyl halides is 3. The van der Waals surface area contributed by atoms with Crippen molar-refractivity contribution in [2.24, 2.45) is 0 Å². The van der Waals surface area contributed by atoms with Crippen molar-refractivity contribution in [3.05, 3.63) is 53.9 Å². The minimum Gasteiger partial charge on any atom is -0.376 e. The maximum Gasteiger partial charge on any atom is 0.446 e. The molecule has 1 heterocycles. The third-order valence-corrected chi connectivity index (χ3v) is 4.21. The van der Waals surface area contributed by atoms with Gasteiger partial charge < -0.3 is 5.32 Å². The largest absolute Gasteiger partial charge is 0.446 e. The molecule has 1 N–H and O–H groups in total. The molecule has 1 aliphatic rings. The van der Waals surface area contributed by atoms with E-state index in [1.54, 1.807) is 24.4 Å². The Bertz CT molecular complexity index is 643. The molecule has 0 bridgehead atoms. The zero-order valence-electron chi connectivity index (χ0n) is 11.0. The van der Waals surface area contributed by atoms with Crippen LogP contribution in [0.2, 0.25) is 0 Å². The van der Waals surface area contributed by atoms with Gasteiger partial charge in [-0.05, 0) is 48.4 Å². The average Bonchev–Trinajstić information content (AvgIpc) is 2.83. The fourth-order valence-corrected chi connectivity index (χ4v) is 3.17. The number of thioether (sulfide) groups is 1. The number of halogens is 3. The molecule has 0 saturated carbocycles. The van der Waals surface area contributed by atoms with E-state index in [0.29, 0.717) is 5.69 Å². The number of hydrogen-bond acceptors (Lipinski definition) is 3. The van der Waals surface area contributed by atoms with Crippen LogP contribution in [0, 0.1) is 0 Å². The highest BCUT2D eigenvalue weighted by molar-refractivity contribution is 8.00. The van der Waals surface area contributed by atoms with E-state index in [2.05, 4.69) is 10.3 Å². The maximum absolute atomic E-state index is 12.6. The molecule has 0 spiro atoms. The molecule has 1 atom stereocenters. The van der Waals surface area contributed by atoms with Crippen LogP contribution >= 0.6 is 11.8 Å². The normalized spacial score (nSPS) is 17.6. The molecular formula is C15H13F3N2S. The Balaban J connectivity index is 1.83. The molecule has 3 rings (SSSR count). The predicted octanol–water partition coefficient (Wildman–Crippen LogP) is 4.79. The van der Waals surface area contributed by atoms with Crippen molar-refractivity contribution in [2.45, 2.75) is 29.3 Å². The summed E-state index contributed by atoms with van der Waals surface area (Å²) in [6.07, 6.45) is 3.46. The van der Waals surface area contributed by atoms with Crippen molar-refractivity contribution in [3.8, 4) is 0 Å². The summed E-state index contributed by atoms with van der Waals surface area (Å²) in [5.41, 5.74) is -1.69. The van der Waals surface area contributed by atoms with Crippen molar-refractivity contribution in [1.82, 2.24) is 4.98 Å². The Kier molecular flexibility index (Phi) is 3.80. The van der Waals surface area contributed by atoms with Crippen LogP contribution in [0.25, 0.3) is 0 Å². The van der Waals surface area contributed by atoms with Crippen LogP contribution in [-0.4, -0.2) is 10.5 Å². The summed E-state index contributed by atoms with van der Waals surface area (Å²) in [5, 5.41) is 3.20. The van der Waals surface area contributed by atoms with Crippen LogP contribution in [-0.2, 0) is 6.42 Å². The molecule has 21 heavy (non-hydrogen) atoms. The molecule has 2 aromatic rings. The number of nitrogens with zero attached hydrogens (tertiary/aromatic N) is 1. The van der Waals surface area contributed by atoms with E-state index in [4.69, 9.17) is 0 Å². The zero-order chi connectivity index (χ0) is 14.9. The standard InChI is InChI=1S/C15H13F3N2S/c16-15(17,18)21-13-6-2-1-5-11(13)20-12-8-7-10-4-3-9-19-14(10)12/h1-6,9,12,20H,7-8H2. The number of nitrogens with one attached hydrogen (secondary N) is 1. The molecular weight excluding hydrogens is 297 g/mol. The van der Waals surface area contributed by atoms with E-state index in [1.165, 1.54) is 6.07 Å².